The minimum absolute atomic E-state index is 0.164. The lowest BCUT2D eigenvalue weighted by molar-refractivity contribution is -0.124. The molecule has 1 aliphatic heterocycles. The number of carbonyl (C=O) groups excluding carboxylic acids is 2. The fourth-order valence-electron chi connectivity index (χ4n) is 1.31. The van der Waals surface area contributed by atoms with Gasteiger partial charge in [0, 0.05) is 12.7 Å². The van der Waals surface area contributed by atoms with Crippen LogP contribution >= 0.6 is 0 Å². The summed E-state index contributed by atoms with van der Waals surface area (Å²) in [6.45, 7) is 5.55. The predicted octanol–water partition coefficient (Wildman–Crippen LogP) is 0.774. The maximum Gasteiger partial charge on any atom is 0.254 e. The van der Waals surface area contributed by atoms with Crippen molar-refractivity contribution < 1.29 is 14.3 Å². The molecule has 1 heterocycles. The minimum Gasteiger partial charge on any atom is -0.374 e. The lowest BCUT2D eigenvalue weighted by atomic mass is 9.93. The molecule has 1 aliphatic rings. The third-order valence-electron chi connectivity index (χ3n) is 2.73. The van der Waals surface area contributed by atoms with Gasteiger partial charge in [-0.3, -0.25) is 14.9 Å². The van der Waals surface area contributed by atoms with Gasteiger partial charge in [-0.1, -0.05) is 0 Å². The molecule has 78 valence electrons. The molecule has 0 saturated carbocycles. The Labute approximate surface area is 83.3 Å². The van der Waals surface area contributed by atoms with E-state index in [1.165, 1.54) is 0 Å². The highest BCUT2D eigenvalue weighted by atomic mass is 16.5. The van der Waals surface area contributed by atoms with E-state index >= 15 is 0 Å². The van der Waals surface area contributed by atoms with Crippen LogP contribution in [-0.4, -0.2) is 24.5 Å². The molecule has 0 radical (unpaired) electrons. The van der Waals surface area contributed by atoms with Gasteiger partial charge < -0.3 is 4.74 Å². The summed E-state index contributed by atoms with van der Waals surface area (Å²) in [7, 11) is 1.58. The quantitative estimate of drug-likeness (QED) is 0.525. The van der Waals surface area contributed by atoms with Gasteiger partial charge in [-0.25, -0.2) is 0 Å². The Morgan fingerprint density at radius 1 is 1.43 bits per heavy atom. The monoisotopic (exact) mass is 197 g/mol. The van der Waals surface area contributed by atoms with E-state index in [0.29, 0.717) is 5.57 Å². The number of carbonyl (C=O) groups is 2. The second kappa shape index (κ2) is 3.53. The van der Waals surface area contributed by atoms with E-state index in [0.717, 1.165) is 5.57 Å². The maximum absolute atomic E-state index is 11.3. The van der Waals surface area contributed by atoms with Gasteiger partial charge in [0.2, 0.25) is 5.91 Å². The second-order valence-corrected chi connectivity index (χ2v) is 3.87. The molecular formula is C10H15NO3. The van der Waals surface area contributed by atoms with Crippen molar-refractivity contribution in [2.45, 2.75) is 32.8 Å². The van der Waals surface area contributed by atoms with E-state index in [4.69, 9.17) is 4.74 Å². The zero-order valence-electron chi connectivity index (χ0n) is 8.93. The van der Waals surface area contributed by atoms with Gasteiger partial charge >= 0.3 is 0 Å². The topological polar surface area (TPSA) is 55.4 Å². The van der Waals surface area contributed by atoms with E-state index in [1.54, 1.807) is 7.11 Å². The molecule has 0 bridgehead atoms. The zero-order chi connectivity index (χ0) is 10.9. The number of imide groups is 1. The van der Waals surface area contributed by atoms with Crippen LogP contribution in [0.4, 0.5) is 0 Å². The van der Waals surface area contributed by atoms with Crippen molar-refractivity contribution in [2.75, 3.05) is 7.11 Å². The molecule has 0 aromatic carbocycles. The molecule has 0 spiro atoms. The smallest absolute Gasteiger partial charge is 0.254 e. The zero-order valence-corrected chi connectivity index (χ0v) is 8.93. The molecule has 1 saturated heterocycles. The number of rotatable bonds is 2. The summed E-state index contributed by atoms with van der Waals surface area (Å²) in [5.74, 6) is -0.533. The van der Waals surface area contributed by atoms with Gasteiger partial charge in [-0.05, 0) is 26.3 Å². The molecule has 0 aromatic rings. The molecule has 0 aromatic heterocycles. The normalized spacial score (nSPS) is 21.1. The summed E-state index contributed by atoms with van der Waals surface area (Å²) in [4.78, 5) is 22.3. The van der Waals surface area contributed by atoms with E-state index in [2.05, 4.69) is 5.32 Å². The third kappa shape index (κ3) is 1.85. The molecule has 0 atom stereocenters. The van der Waals surface area contributed by atoms with Gasteiger partial charge in [-0.15, -0.1) is 0 Å². The molecule has 14 heavy (non-hydrogen) atoms. The fourth-order valence-corrected chi connectivity index (χ4v) is 1.31. The molecule has 1 fully saturated rings. The van der Waals surface area contributed by atoms with Crippen LogP contribution in [0.2, 0.25) is 0 Å². The summed E-state index contributed by atoms with van der Waals surface area (Å²) in [5, 5.41) is 2.25. The summed E-state index contributed by atoms with van der Waals surface area (Å²) in [6.07, 6.45) is 0.164. The predicted molar refractivity (Wildman–Crippen MR) is 51.6 cm³/mol. The summed E-state index contributed by atoms with van der Waals surface area (Å²) >= 11 is 0. The van der Waals surface area contributed by atoms with Gasteiger partial charge in [0.15, 0.2) is 0 Å². The average Bonchev–Trinajstić information content (AvgIpc) is 2.44. The highest BCUT2D eigenvalue weighted by molar-refractivity contribution is 6.13. The molecule has 1 rings (SSSR count). The minimum atomic E-state index is -0.503. The Bertz CT molecular complexity index is 315. The second-order valence-electron chi connectivity index (χ2n) is 3.87. The third-order valence-corrected chi connectivity index (χ3v) is 2.73. The number of amides is 2. The van der Waals surface area contributed by atoms with Gasteiger partial charge in [0.05, 0.1) is 12.0 Å². The van der Waals surface area contributed by atoms with E-state index in [-0.39, 0.29) is 18.2 Å². The van der Waals surface area contributed by atoms with Crippen LogP contribution in [0, 0.1) is 0 Å². The number of hydrogen-bond donors (Lipinski definition) is 1. The standard InChI is InChI=1S/C10H15NO3/c1-6(10(2,3)14-4)7-5-8(12)11-9(7)13/h5H2,1-4H3,(H,11,12,13)/b7-6+. The van der Waals surface area contributed by atoms with E-state index in [9.17, 15) is 9.59 Å². The van der Waals surface area contributed by atoms with Gasteiger partial charge in [0.25, 0.3) is 5.91 Å². The Morgan fingerprint density at radius 3 is 2.36 bits per heavy atom. The molecule has 4 nitrogen and oxygen atoms in total. The first-order chi connectivity index (χ1) is 6.38. The fraction of sp³-hybridized carbons (Fsp3) is 0.600. The summed E-state index contributed by atoms with van der Waals surface area (Å²) in [5.41, 5.74) is 0.835. The van der Waals surface area contributed by atoms with E-state index < -0.39 is 5.60 Å². The first kappa shape index (κ1) is 10.9. The van der Waals surface area contributed by atoms with Gasteiger partial charge in [-0.2, -0.15) is 0 Å². The van der Waals surface area contributed by atoms with Crippen molar-refractivity contribution in [2.24, 2.45) is 0 Å². The van der Waals surface area contributed by atoms with Crippen molar-refractivity contribution in [3.63, 3.8) is 0 Å². The Balaban J connectivity index is 3.06. The van der Waals surface area contributed by atoms with Crippen LogP contribution in [0.5, 0.6) is 0 Å². The molecular weight excluding hydrogens is 182 g/mol. The van der Waals surface area contributed by atoms with Crippen molar-refractivity contribution in [3.8, 4) is 0 Å². The molecule has 4 heteroatoms. The van der Waals surface area contributed by atoms with Crippen LogP contribution in [-0.2, 0) is 14.3 Å². The molecule has 1 N–H and O–H groups in total. The van der Waals surface area contributed by atoms with Gasteiger partial charge in [0.1, 0.15) is 0 Å². The van der Waals surface area contributed by atoms with Crippen molar-refractivity contribution in [1.29, 1.82) is 0 Å². The first-order valence-corrected chi connectivity index (χ1v) is 4.48. The lowest BCUT2D eigenvalue weighted by Gasteiger charge is -2.25. The average molecular weight is 197 g/mol. The van der Waals surface area contributed by atoms with Crippen LogP contribution in [0.25, 0.3) is 0 Å². The van der Waals surface area contributed by atoms with E-state index in [1.807, 2.05) is 20.8 Å². The largest absolute Gasteiger partial charge is 0.374 e. The van der Waals surface area contributed by atoms with Crippen LogP contribution in [0.1, 0.15) is 27.2 Å². The molecule has 0 unspecified atom stereocenters. The Hall–Kier alpha value is -1.16. The Kier molecular flexibility index (Phi) is 2.76. The number of ether oxygens (including phenoxy) is 1. The number of hydrogen-bond acceptors (Lipinski definition) is 3. The first-order valence-electron chi connectivity index (χ1n) is 4.48. The maximum atomic E-state index is 11.3. The number of nitrogens with one attached hydrogen (secondary N) is 1. The van der Waals surface area contributed by atoms with Crippen LogP contribution in [0.15, 0.2) is 11.1 Å². The summed E-state index contributed by atoms with van der Waals surface area (Å²) in [6, 6.07) is 0. The van der Waals surface area contributed by atoms with Crippen LogP contribution < -0.4 is 5.32 Å². The highest BCUT2D eigenvalue weighted by Gasteiger charge is 2.31. The molecule has 2 amide bonds. The van der Waals surface area contributed by atoms with Crippen molar-refractivity contribution in [3.05, 3.63) is 11.1 Å². The summed E-state index contributed by atoms with van der Waals surface area (Å²) < 4.78 is 5.25. The van der Waals surface area contributed by atoms with Crippen LogP contribution in [0.3, 0.4) is 0 Å². The SMILES string of the molecule is COC(C)(C)/C(C)=C1\CC(=O)NC1=O. The number of methoxy groups -OCH3 is 1. The highest BCUT2D eigenvalue weighted by Crippen LogP contribution is 2.26. The Morgan fingerprint density at radius 2 is 2.00 bits per heavy atom. The lowest BCUT2D eigenvalue weighted by Crippen LogP contribution is -2.27. The van der Waals surface area contributed by atoms with Crippen molar-refractivity contribution >= 4 is 11.8 Å². The molecule has 0 aliphatic carbocycles. The van der Waals surface area contributed by atoms with Crippen molar-refractivity contribution in [1.82, 2.24) is 5.32 Å².